The standard InChI is InChI=1S/C19H23FN2O3/c20-15-2-1-3-16(11-15)21-18(24)19-12-14(19)4-7-22(19)17(23)10-13-5-8-25-9-6-13/h1-3,11,13-14H,4-10,12H2,(H,21,24). The fourth-order valence-electron chi connectivity index (χ4n) is 4.33. The molecular formula is C19H23FN2O3. The molecule has 4 rings (SSSR count). The van der Waals surface area contributed by atoms with Gasteiger partial charge in [-0.05, 0) is 55.7 Å². The molecule has 2 saturated heterocycles. The van der Waals surface area contributed by atoms with E-state index in [0.717, 1.165) is 19.3 Å². The molecule has 1 saturated carbocycles. The summed E-state index contributed by atoms with van der Waals surface area (Å²) < 4.78 is 18.7. The largest absolute Gasteiger partial charge is 0.381 e. The fraction of sp³-hybridized carbons (Fsp3) is 0.579. The molecule has 1 N–H and O–H groups in total. The van der Waals surface area contributed by atoms with Gasteiger partial charge in [0.25, 0.3) is 5.91 Å². The Balaban J connectivity index is 1.44. The number of halogens is 1. The number of amides is 2. The molecule has 0 aromatic heterocycles. The highest BCUT2D eigenvalue weighted by Gasteiger charge is 2.68. The molecule has 3 fully saturated rings. The lowest BCUT2D eigenvalue weighted by molar-refractivity contribution is -0.140. The number of nitrogens with zero attached hydrogens (tertiary/aromatic N) is 1. The minimum absolute atomic E-state index is 0.0706. The quantitative estimate of drug-likeness (QED) is 0.912. The molecule has 3 aliphatic rings. The molecule has 2 atom stereocenters. The number of anilines is 1. The number of likely N-dealkylation sites (tertiary alicyclic amines) is 1. The molecular weight excluding hydrogens is 323 g/mol. The highest BCUT2D eigenvalue weighted by atomic mass is 19.1. The van der Waals surface area contributed by atoms with Gasteiger partial charge >= 0.3 is 0 Å². The summed E-state index contributed by atoms with van der Waals surface area (Å²) in [5, 5.41) is 2.80. The van der Waals surface area contributed by atoms with Crippen LogP contribution in [0.5, 0.6) is 0 Å². The van der Waals surface area contributed by atoms with Crippen LogP contribution in [0.15, 0.2) is 24.3 Å². The van der Waals surface area contributed by atoms with E-state index in [0.29, 0.717) is 44.2 Å². The first-order valence-corrected chi connectivity index (χ1v) is 9.05. The van der Waals surface area contributed by atoms with E-state index in [1.165, 1.54) is 12.1 Å². The van der Waals surface area contributed by atoms with Crippen LogP contribution in [0.1, 0.15) is 32.1 Å². The molecule has 0 spiro atoms. The van der Waals surface area contributed by atoms with Crippen LogP contribution in [0.4, 0.5) is 10.1 Å². The molecule has 1 aromatic carbocycles. The molecule has 25 heavy (non-hydrogen) atoms. The first-order valence-electron chi connectivity index (χ1n) is 9.05. The van der Waals surface area contributed by atoms with E-state index < -0.39 is 5.54 Å². The van der Waals surface area contributed by atoms with Crippen molar-refractivity contribution in [1.82, 2.24) is 4.90 Å². The number of hydrogen-bond donors (Lipinski definition) is 1. The maximum absolute atomic E-state index is 13.3. The lowest BCUT2D eigenvalue weighted by atomic mass is 9.95. The predicted octanol–water partition coefficient (Wildman–Crippen LogP) is 2.57. The van der Waals surface area contributed by atoms with Gasteiger partial charge in [-0.2, -0.15) is 0 Å². The molecule has 1 aliphatic carbocycles. The topological polar surface area (TPSA) is 58.6 Å². The van der Waals surface area contributed by atoms with Gasteiger partial charge in [-0.25, -0.2) is 4.39 Å². The highest BCUT2D eigenvalue weighted by molar-refractivity contribution is 6.03. The summed E-state index contributed by atoms with van der Waals surface area (Å²) in [6, 6.07) is 5.87. The number of ether oxygens (including phenoxy) is 1. The van der Waals surface area contributed by atoms with Gasteiger partial charge < -0.3 is 15.0 Å². The zero-order valence-electron chi connectivity index (χ0n) is 14.2. The van der Waals surface area contributed by atoms with E-state index in [2.05, 4.69) is 5.32 Å². The third-order valence-corrected chi connectivity index (χ3v) is 5.84. The van der Waals surface area contributed by atoms with E-state index in [1.54, 1.807) is 17.0 Å². The third-order valence-electron chi connectivity index (χ3n) is 5.84. The van der Waals surface area contributed by atoms with Gasteiger partial charge in [-0.15, -0.1) is 0 Å². The lowest BCUT2D eigenvalue weighted by Gasteiger charge is -2.30. The summed E-state index contributed by atoms with van der Waals surface area (Å²) >= 11 is 0. The lowest BCUT2D eigenvalue weighted by Crippen LogP contribution is -2.48. The number of hydrogen-bond acceptors (Lipinski definition) is 3. The number of carbonyl (C=O) groups is 2. The molecule has 2 unspecified atom stereocenters. The van der Waals surface area contributed by atoms with Crippen LogP contribution in [0, 0.1) is 17.7 Å². The van der Waals surface area contributed by atoms with Gasteiger partial charge in [0.05, 0.1) is 0 Å². The van der Waals surface area contributed by atoms with Crippen LogP contribution in [0.25, 0.3) is 0 Å². The second-order valence-corrected chi connectivity index (χ2v) is 7.38. The van der Waals surface area contributed by atoms with Gasteiger partial charge in [-0.1, -0.05) is 6.07 Å². The number of carbonyl (C=O) groups excluding carboxylic acids is 2. The van der Waals surface area contributed by atoms with Gasteiger partial charge in [0.1, 0.15) is 11.4 Å². The summed E-state index contributed by atoms with van der Waals surface area (Å²) in [5.74, 6) is 0.0887. The normalized spacial score (nSPS) is 28.5. The smallest absolute Gasteiger partial charge is 0.250 e. The number of nitrogens with one attached hydrogen (secondary N) is 1. The Morgan fingerprint density at radius 3 is 2.80 bits per heavy atom. The number of fused-ring (bicyclic) bond motifs is 1. The third kappa shape index (κ3) is 3.03. The number of benzene rings is 1. The summed E-state index contributed by atoms with van der Waals surface area (Å²) in [6.07, 6.45) is 3.89. The van der Waals surface area contributed by atoms with Gasteiger partial charge in [0.2, 0.25) is 5.91 Å². The van der Waals surface area contributed by atoms with Gasteiger partial charge in [0, 0.05) is 31.9 Å². The zero-order chi connectivity index (χ0) is 17.4. The van der Waals surface area contributed by atoms with Crippen molar-refractivity contribution in [2.45, 2.75) is 37.6 Å². The van der Waals surface area contributed by atoms with Crippen LogP contribution in [-0.4, -0.2) is 42.0 Å². The predicted molar refractivity (Wildman–Crippen MR) is 90.4 cm³/mol. The Labute approximate surface area is 146 Å². The summed E-state index contributed by atoms with van der Waals surface area (Å²) in [5.41, 5.74) is -0.275. The fourth-order valence-corrected chi connectivity index (χ4v) is 4.33. The number of piperidine rings is 1. The zero-order valence-corrected chi connectivity index (χ0v) is 14.2. The Morgan fingerprint density at radius 2 is 2.08 bits per heavy atom. The van der Waals surface area contributed by atoms with E-state index in [9.17, 15) is 14.0 Å². The van der Waals surface area contributed by atoms with Crippen molar-refractivity contribution in [2.75, 3.05) is 25.1 Å². The van der Waals surface area contributed by atoms with Crippen molar-refractivity contribution in [3.63, 3.8) is 0 Å². The molecule has 0 bridgehead atoms. The SMILES string of the molecule is O=C(CC1CCOCC1)N1CCC2CC21C(=O)Nc1cccc(F)c1. The summed E-state index contributed by atoms with van der Waals surface area (Å²) in [4.78, 5) is 27.4. The van der Waals surface area contributed by atoms with Crippen LogP contribution >= 0.6 is 0 Å². The minimum Gasteiger partial charge on any atom is -0.381 e. The monoisotopic (exact) mass is 346 g/mol. The summed E-state index contributed by atoms with van der Waals surface area (Å²) in [7, 11) is 0. The van der Waals surface area contributed by atoms with E-state index >= 15 is 0 Å². The minimum atomic E-state index is -0.714. The summed E-state index contributed by atoms with van der Waals surface area (Å²) in [6.45, 7) is 2.07. The molecule has 0 radical (unpaired) electrons. The van der Waals surface area contributed by atoms with Crippen molar-refractivity contribution in [2.24, 2.45) is 11.8 Å². The van der Waals surface area contributed by atoms with E-state index in [-0.39, 0.29) is 23.5 Å². The molecule has 5 nitrogen and oxygen atoms in total. The van der Waals surface area contributed by atoms with Crippen molar-refractivity contribution in [1.29, 1.82) is 0 Å². The molecule has 1 aromatic rings. The number of rotatable bonds is 4. The van der Waals surface area contributed by atoms with Gasteiger partial charge in [0.15, 0.2) is 0 Å². The maximum atomic E-state index is 13.3. The van der Waals surface area contributed by atoms with E-state index in [1.807, 2.05) is 0 Å². The second kappa shape index (κ2) is 6.41. The maximum Gasteiger partial charge on any atom is 0.250 e. The van der Waals surface area contributed by atoms with Crippen LogP contribution in [0.2, 0.25) is 0 Å². The first kappa shape index (κ1) is 16.5. The van der Waals surface area contributed by atoms with Crippen LogP contribution in [-0.2, 0) is 14.3 Å². The Bertz CT molecular complexity index is 689. The van der Waals surface area contributed by atoms with Crippen molar-refractivity contribution >= 4 is 17.5 Å². The molecule has 2 heterocycles. The molecule has 134 valence electrons. The van der Waals surface area contributed by atoms with E-state index in [4.69, 9.17) is 4.74 Å². The second-order valence-electron chi connectivity index (χ2n) is 7.38. The van der Waals surface area contributed by atoms with Crippen LogP contribution in [0.3, 0.4) is 0 Å². The average molecular weight is 346 g/mol. The Morgan fingerprint density at radius 1 is 1.28 bits per heavy atom. The molecule has 2 aliphatic heterocycles. The average Bonchev–Trinajstić information content (AvgIpc) is 3.21. The van der Waals surface area contributed by atoms with Crippen molar-refractivity contribution in [3.8, 4) is 0 Å². The Kier molecular flexibility index (Phi) is 4.23. The molecule has 2 amide bonds. The first-order chi connectivity index (χ1) is 12.1. The van der Waals surface area contributed by atoms with Crippen LogP contribution < -0.4 is 5.32 Å². The van der Waals surface area contributed by atoms with Crippen molar-refractivity contribution < 1.29 is 18.7 Å². The van der Waals surface area contributed by atoms with Crippen molar-refractivity contribution in [3.05, 3.63) is 30.1 Å². The Hall–Kier alpha value is -1.95. The van der Waals surface area contributed by atoms with Gasteiger partial charge in [-0.3, -0.25) is 9.59 Å². The molecule has 6 heteroatoms. The highest BCUT2D eigenvalue weighted by Crippen LogP contribution is 2.56.